The lowest BCUT2D eigenvalue weighted by Crippen LogP contribution is -2.37. The van der Waals surface area contributed by atoms with Crippen LogP contribution in [0.1, 0.15) is 37.0 Å². The van der Waals surface area contributed by atoms with Gasteiger partial charge >= 0.3 is 0 Å². The number of carbonyl (C=O) groups is 1. The molecule has 2 rings (SSSR count). The minimum Gasteiger partial charge on any atom is -0.371 e. The topological polar surface area (TPSA) is 20.3 Å². The van der Waals surface area contributed by atoms with E-state index in [9.17, 15) is 4.79 Å². The zero-order valence-electron chi connectivity index (χ0n) is 10.4. The molecule has 1 aromatic rings. The van der Waals surface area contributed by atoms with Gasteiger partial charge in [-0.25, -0.2) is 0 Å². The van der Waals surface area contributed by atoms with Crippen LogP contribution in [0.2, 0.25) is 0 Å². The summed E-state index contributed by atoms with van der Waals surface area (Å²) in [6.45, 7) is 6.85. The molecular weight excluding hydrogens is 278 g/mol. The van der Waals surface area contributed by atoms with E-state index in [0.717, 1.165) is 23.8 Å². The van der Waals surface area contributed by atoms with Crippen LogP contribution >= 0.6 is 15.9 Å². The second-order valence-electron chi connectivity index (χ2n) is 5.47. The Labute approximate surface area is 111 Å². The van der Waals surface area contributed by atoms with Crippen molar-refractivity contribution in [2.75, 3.05) is 18.0 Å². The molecule has 0 bridgehead atoms. The molecule has 1 heterocycles. The highest BCUT2D eigenvalue weighted by Gasteiger charge is 2.25. The summed E-state index contributed by atoms with van der Waals surface area (Å²) in [6.07, 6.45) is 3.33. The number of nitrogens with zero attached hydrogens (tertiary/aromatic N) is 1. The molecule has 3 heteroatoms. The van der Waals surface area contributed by atoms with E-state index in [1.54, 1.807) is 0 Å². The molecule has 0 unspecified atom stereocenters. The van der Waals surface area contributed by atoms with Gasteiger partial charge < -0.3 is 4.90 Å². The predicted octanol–water partition coefficient (Wildman–Crippen LogP) is 3.89. The number of halogens is 1. The number of rotatable bonds is 2. The average molecular weight is 296 g/mol. The summed E-state index contributed by atoms with van der Waals surface area (Å²) in [6, 6.07) is 5.96. The quantitative estimate of drug-likeness (QED) is 0.772. The fourth-order valence-corrected chi connectivity index (χ4v) is 2.64. The molecule has 17 heavy (non-hydrogen) atoms. The van der Waals surface area contributed by atoms with E-state index < -0.39 is 0 Å². The Morgan fingerprint density at radius 2 is 1.94 bits per heavy atom. The zero-order chi connectivity index (χ0) is 12.5. The van der Waals surface area contributed by atoms with E-state index in [4.69, 9.17) is 0 Å². The van der Waals surface area contributed by atoms with Crippen LogP contribution in [0.3, 0.4) is 0 Å². The summed E-state index contributed by atoms with van der Waals surface area (Å²) >= 11 is 3.44. The number of aldehydes is 1. The highest BCUT2D eigenvalue weighted by atomic mass is 79.9. The van der Waals surface area contributed by atoms with Gasteiger partial charge in [-0.05, 0) is 52.4 Å². The second kappa shape index (κ2) is 4.81. The van der Waals surface area contributed by atoms with Crippen molar-refractivity contribution in [2.45, 2.75) is 26.7 Å². The monoisotopic (exact) mass is 295 g/mol. The summed E-state index contributed by atoms with van der Waals surface area (Å²) in [7, 11) is 0. The van der Waals surface area contributed by atoms with E-state index in [1.807, 2.05) is 18.2 Å². The molecule has 1 aliphatic rings. The standard InChI is InChI=1S/C14H18BrNO/c1-14(2)5-7-16(8-6-14)12-4-3-11(10-17)13(15)9-12/h3-4,9-10H,5-8H2,1-2H3. The first-order valence-corrected chi connectivity index (χ1v) is 6.81. The highest BCUT2D eigenvalue weighted by molar-refractivity contribution is 9.10. The van der Waals surface area contributed by atoms with Crippen molar-refractivity contribution >= 4 is 27.9 Å². The number of carbonyl (C=O) groups excluding carboxylic acids is 1. The molecule has 0 N–H and O–H groups in total. The predicted molar refractivity (Wildman–Crippen MR) is 74.8 cm³/mol. The molecule has 0 atom stereocenters. The molecule has 1 fully saturated rings. The second-order valence-corrected chi connectivity index (χ2v) is 6.33. The molecular formula is C14H18BrNO. The third-order valence-electron chi connectivity index (χ3n) is 3.59. The normalized spacial score (nSPS) is 19.1. The van der Waals surface area contributed by atoms with Crippen LogP contribution in [0, 0.1) is 5.41 Å². The summed E-state index contributed by atoms with van der Waals surface area (Å²) < 4.78 is 0.884. The van der Waals surface area contributed by atoms with Crippen LogP contribution in [0.15, 0.2) is 22.7 Å². The molecule has 0 saturated carbocycles. The number of anilines is 1. The molecule has 0 radical (unpaired) electrons. The van der Waals surface area contributed by atoms with Crippen molar-refractivity contribution in [1.82, 2.24) is 0 Å². The molecule has 0 amide bonds. The van der Waals surface area contributed by atoms with Crippen LogP contribution < -0.4 is 4.90 Å². The maximum atomic E-state index is 10.8. The Bertz CT molecular complexity index is 418. The number of hydrogen-bond donors (Lipinski definition) is 0. The van der Waals surface area contributed by atoms with Crippen molar-refractivity contribution < 1.29 is 4.79 Å². The minimum absolute atomic E-state index is 0.469. The van der Waals surface area contributed by atoms with Crippen LogP contribution in [0.5, 0.6) is 0 Å². The van der Waals surface area contributed by atoms with Gasteiger partial charge in [-0.2, -0.15) is 0 Å². The summed E-state index contributed by atoms with van der Waals surface area (Å²) in [5.41, 5.74) is 2.39. The molecule has 1 saturated heterocycles. The number of hydrogen-bond acceptors (Lipinski definition) is 2. The van der Waals surface area contributed by atoms with Gasteiger partial charge in [-0.1, -0.05) is 13.8 Å². The molecule has 2 nitrogen and oxygen atoms in total. The summed E-state index contributed by atoms with van der Waals surface area (Å²) in [5.74, 6) is 0. The zero-order valence-corrected chi connectivity index (χ0v) is 12.0. The van der Waals surface area contributed by atoms with Crippen LogP contribution in [0.25, 0.3) is 0 Å². The first-order chi connectivity index (χ1) is 8.02. The third-order valence-corrected chi connectivity index (χ3v) is 4.28. The lowest BCUT2D eigenvalue weighted by molar-refractivity contribution is 0.112. The van der Waals surface area contributed by atoms with Gasteiger partial charge in [0.25, 0.3) is 0 Å². The fraction of sp³-hybridized carbons (Fsp3) is 0.500. The average Bonchev–Trinajstić information content (AvgIpc) is 2.29. The number of benzene rings is 1. The van der Waals surface area contributed by atoms with E-state index >= 15 is 0 Å². The van der Waals surface area contributed by atoms with Crippen molar-refractivity contribution in [3.05, 3.63) is 28.2 Å². The summed E-state index contributed by atoms with van der Waals surface area (Å²) in [4.78, 5) is 13.1. The van der Waals surface area contributed by atoms with Crippen molar-refractivity contribution in [1.29, 1.82) is 0 Å². The van der Waals surface area contributed by atoms with E-state index in [-0.39, 0.29) is 0 Å². The Morgan fingerprint density at radius 3 is 2.47 bits per heavy atom. The molecule has 0 spiro atoms. The Morgan fingerprint density at radius 1 is 1.29 bits per heavy atom. The minimum atomic E-state index is 0.469. The van der Waals surface area contributed by atoms with Gasteiger partial charge in [0.2, 0.25) is 0 Å². The fourth-order valence-electron chi connectivity index (χ4n) is 2.18. The first-order valence-electron chi connectivity index (χ1n) is 6.01. The highest BCUT2D eigenvalue weighted by Crippen LogP contribution is 2.33. The van der Waals surface area contributed by atoms with Gasteiger partial charge in [0, 0.05) is 28.8 Å². The van der Waals surface area contributed by atoms with Crippen LogP contribution in [0.4, 0.5) is 5.69 Å². The van der Waals surface area contributed by atoms with Crippen LogP contribution in [-0.4, -0.2) is 19.4 Å². The largest absolute Gasteiger partial charge is 0.371 e. The van der Waals surface area contributed by atoms with E-state index in [0.29, 0.717) is 11.0 Å². The SMILES string of the molecule is CC1(C)CCN(c2ccc(C=O)c(Br)c2)CC1. The molecule has 92 valence electrons. The molecule has 0 aliphatic carbocycles. The third kappa shape index (κ3) is 2.89. The number of piperidine rings is 1. The lowest BCUT2D eigenvalue weighted by atomic mass is 9.82. The maximum Gasteiger partial charge on any atom is 0.151 e. The Balaban J connectivity index is 2.14. The lowest BCUT2D eigenvalue weighted by Gasteiger charge is -2.38. The Hall–Kier alpha value is -0.830. The van der Waals surface area contributed by atoms with Crippen molar-refractivity contribution in [2.24, 2.45) is 5.41 Å². The van der Waals surface area contributed by atoms with Gasteiger partial charge in [0.1, 0.15) is 0 Å². The van der Waals surface area contributed by atoms with Crippen molar-refractivity contribution in [3.8, 4) is 0 Å². The van der Waals surface area contributed by atoms with Gasteiger partial charge in [-0.3, -0.25) is 4.79 Å². The van der Waals surface area contributed by atoms with Crippen LogP contribution in [-0.2, 0) is 0 Å². The first kappa shape index (κ1) is 12.6. The summed E-state index contributed by atoms with van der Waals surface area (Å²) in [5, 5.41) is 0. The van der Waals surface area contributed by atoms with Gasteiger partial charge in [0.05, 0.1) is 0 Å². The van der Waals surface area contributed by atoms with Crippen molar-refractivity contribution in [3.63, 3.8) is 0 Å². The smallest absolute Gasteiger partial charge is 0.151 e. The Kier molecular flexibility index (Phi) is 3.57. The molecule has 0 aromatic heterocycles. The molecule has 1 aliphatic heterocycles. The van der Waals surface area contributed by atoms with Gasteiger partial charge in [0.15, 0.2) is 6.29 Å². The molecule has 1 aromatic carbocycles. The van der Waals surface area contributed by atoms with E-state index in [1.165, 1.54) is 18.5 Å². The van der Waals surface area contributed by atoms with E-state index in [2.05, 4.69) is 34.7 Å². The van der Waals surface area contributed by atoms with Gasteiger partial charge in [-0.15, -0.1) is 0 Å². The maximum absolute atomic E-state index is 10.8.